The highest BCUT2D eigenvalue weighted by Gasteiger charge is 2.26. The molecule has 1 fully saturated rings. The number of amides is 2. The number of H-pyrrole nitrogens is 1. The van der Waals surface area contributed by atoms with Crippen LogP contribution >= 0.6 is 0 Å². The standard InChI is InChI=1S/C17H21FN4O2/c1-11-8-16(24-2)13(18)9-15(11)20-17(23)22-7-3-4-12(10-22)14-5-6-19-21-14/h5-6,8-9,12H,3-4,7,10H2,1-2H3,(H,19,21)(H,20,23)/t12-/m1/s1. The maximum absolute atomic E-state index is 13.9. The second kappa shape index (κ2) is 6.90. The molecule has 2 N–H and O–H groups in total. The summed E-state index contributed by atoms with van der Waals surface area (Å²) in [6.45, 7) is 3.11. The molecule has 1 aliphatic rings. The highest BCUT2D eigenvalue weighted by atomic mass is 19.1. The monoisotopic (exact) mass is 332 g/mol. The van der Waals surface area contributed by atoms with Crippen LogP contribution in [-0.4, -0.2) is 41.3 Å². The maximum atomic E-state index is 13.9. The Labute approximate surface area is 140 Å². The Bertz CT molecular complexity index is 718. The number of ether oxygens (including phenoxy) is 1. The van der Waals surface area contributed by atoms with Crippen molar-refractivity contribution < 1.29 is 13.9 Å². The van der Waals surface area contributed by atoms with Crippen molar-refractivity contribution in [3.63, 3.8) is 0 Å². The van der Waals surface area contributed by atoms with E-state index in [0.717, 1.165) is 24.1 Å². The number of hydrogen-bond donors (Lipinski definition) is 2. The molecular weight excluding hydrogens is 311 g/mol. The molecule has 7 heteroatoms. The lowest BCUT2D eigenvalue weighted by Crippen LogP contribution is -2.41. The molecule has 1 aliphatic heterocycles. The van der Waals surface area contributed by atoms with Crippen molar-refractivity contribution in [3.05, 3.63) is 41.5 Å². The molecular formula is C17H21FN4O2. The summed E-state index contributed by atoms with van der Waals surface area (Å²) in [7, 11) is 1.42. The lowest BCUT2D eigenvalue weighted by molar-refractivity contribution is 0.192. The van der Waals surface area contributed by atoms with Gasteiger partial charge in [-0.1, -0.05) is 0 Å². The van der Waals surface area contributed by atoms with E-state index in [-0.39, 0.29) is 17.7 Å². The number of benzene rings is 1. The number of nitrogens with zero attached hydrogens (tertiary/aromatic N) is 2. The lowest BCUT2D eigenvalue weighted by Gasteiger charge is -2.32. The molecule has 2 amide bonds. The maximum Gasteiger partial charge on any atom is 0.321 e. The van der Waals surface area contributed by atoms with E-state index in [1.165, 1.54) is 13.2 Å². The Kier molecular flexibility index (Phi) is 4.69. The van der Waals surface area contributed by atoms with Crippen LogP contribution in [0.5, 0.6) is 5.75 Å². The van der Waals surface area contributed by atoms with Gasteiger partial charge in [0, 0.05) is 42.7 Å². The van der Waals surface area contributed by atoms with E-state index in [0.29, 0.717) is 18.8 Å². The molecule has 1 aromatic heterocycles. The van der Waals surface area contributed by atoms with Crippen LogP contribution in [0.15, 0.2) is 24.4 Å². The number of likely N-dealkylation sites (tertiary alicyclic amines) is 1. The zero-order valence-corrected chi connectivity index (χ0v) is 13.8. The quantitative estimate of drug-likeness (QED) is 0.906. The molecule has 128 valence electrons. The zero-order chi connectivity index (χ0) is 17.1. The summed E-state index contributed by atoms with van der Waals surface area (Å²) in [6, 6.07) is 4.60. The van der Waals surface area contributed by atoms with E-state index in [2.05, 4.69) is 15.5 Å². The van der Waals surface area contributed by atoms with Gasteiger partial charge < -0.3 is 15.0 Å². The molecule has 6 nitrogen and oxygen atoms in total. The van der Waals surface area contributed by atoms with Crippen LogP contribution in [0, 0.1) is 12.7 Å². The summed E-state index contributed by atoms with van der Waals surface area (Å²) >= 11 is 0. The number of aryl methyl sites for hydroxylation is 1. The first-order valence-corrected chi connectivity index (χ1v) is 7.98. The molecule has 0 saturated carbocycles. The van der Waals surface area contributed by atoms with E-state index in [1.54, 1.807) is 24.1 Å². The zero-order valence-electron chi connectivity index (χ0n) is 13.8. The second-order valence-corrected chi connectivity index (χ2v) is 6.03. The van der Waals surface area contributed by atoms with E-state index >= 15 is 0 Å². The Morgan fingerprint density at radius 2 is 2.33 bits per heavy atom. The van der Waals surface area contributed by atoms with Gasteiger partial charge in [-0.15, -0.1) is 0 Å². The summed E-state index contributed by atoms with van der Waals surface area (Å²) in [5.74, 6) is -0.0733. The van der Waals surface area contributed by atoms with Gasteiger partial charge in [0.15, 0.2) is 11.6 Å². The lowest BCUT2D eigenvalue weighted by atomic mass is 9.95. The molecule has 3 rings (SSSR count). The number of rotatable bonds is 3. The number of methoxy groups -OCH3 is 1. The Hall–Kier alpha value is -2.57. The minimum atomic E-state index is -0.493. The summed E-state index contributed by atoms with van der Waals surface area (Å²) in [5.41, 5.74) is 2.25. The minimum Gasteiger partial charge on any atom is -0.494 e. The fourth-order valence-electron chi connectivity index (χ4n) is 3.05. The molecule has 2 heterocycles. The van der Waals surface area contributed by atoms with Gasteiger partial charge in [-0.25, -0.2) is 9.18 Å². The average Bonchev–Trinajstić information content (AvgIpc) is 3.12. The highest BCUT2D eigenvalue weighted by Crippen LogP contribution is 2.28. The molecule has 2 aromatic rings. The number of urea groups is 1. The first kappa shape index (κ1) is 16.3. The number of aromatic amines is 1. The van der Waals surface area contributed by atoms with Gasteiger partial charge in [-0.05, 0) is 37.5 Å². The molecule has 0 radical (unpaired) electrons. The molecule has 0 bridgehead atoms. The van der Waals surface area contributed by atoms with Crippen LogP contribution in [0.2, 0.25) is 0 Å². The van der Waals surface area contributed by atoms with Crippen molar-refractivity contribution in [1.82, 2.24) is 15.1 Å². The van der Waals surface area contributed by atoms with Gasteiger partial charge in [0.1, 0.15) is 0 Å². The summed E-state index contributed by atoms with van der Waals surface area (Å²) in [4.78, 5) is 14.3. The highest BCUT2D eigenvalue weighted by molar-refractivity contribution is 5.90. The predicted molar refractivity (Wildman–Crippen MR) is 88.8 cm³/mol. The van der Waals surface area contributed by atoms with Crippen LogP contribution in [0.3, 0.4) is 0 Å². The van der Waals surface area contributed by atoms with Crippen LogP contribution in [0.25, 0.3) is 0 Å². The van der Waals surface area contributed by atoms with Crippen molar-refractivity contribution in [2.75, 3.05) is 25.5 Å². The van der Waals surface area contributed by atoms with Gasteiger partial charge >= 0.3 is 6.03 Å². The molecule has 0 spiro atoms. The smallest absolute Gasteiger partial charge is 0.321 e. The van der Waals surface area contributed by atoms with Gasteiger partial charge in [-0.3, -0.25) is 5.10 Å². The number of aromatic nitrogens is 2. The molecule has 1 atom stereocenters. The van der Waals surface area contributed by atoms with E-state index in [9.17, 15) is 9.18 Å². The Balaban J connectivity index is 1.69. The number of carbonyl (C=O) groups is 1. The first-order valence-electron chi connectivity index (χ1n) is 7.98. The summed E-state index contributed by atoms with van der Waals surface area (Å²) in [6.07, 6.45) is 3.66. The molecule has 1 aromatic carbocycles. The van der Waals surface area contributed by atoms with Crippen molar-refractivity contribution in [2.24, 2.45) is 0 Å². The van der Waals surface area contributed by atoms with Crippen LogP contribution in [0.1, 0.15) is 30.0 Å². The molecule has 24 heavy (non-hydrogen) atoms. The van der Waals surface area contributed by atoms with Crippen molar-refractivity contribution >= 4 is 11.7 Å². The largest absolute Gasteiger partial charge is 0.494 e. The SMILES string of the molecule is COc1cc(C)c(NC(=O)N2CCC[C@@H](c3ccn[nH]3)C2)cc1F. The van der Waals surface area contributed by atoms with E-state index < -0.39 is 5.82 Å². The Morgan fingerprint density at radius 3 is 3.04 bits per heavy atom. The van der Waals surface area contributed by atoms with E-state index in [4.69, 9.17) is 4.74 Å². The number of anilines is 1. The minimum absolute atomic E-state index is 0.169. The second-order valence-electron chi connectivity index (χ2n) is 6.03. The third-order valence-corrected chi connectivity index (χ3v) is 4.41. The van der Waals surface area contributed by atoms with Gasteiger partial charge in [-0.2, -0.15) is 5.10 Å². The number of nitrogens with one attached hydrogen (secondary N) is 2. The van der Waals surface area contributed by atoms with Crippen LogP contribution in [-0.2, 0) is 0 Å². The topological polar surface area (TPSA) is 70.2 Å². The first-order chi connectivity index (χ1) is 11.6. The van der Waals surface area contributed by atoms with Gasteiger partial charge in [0.25, 0.3) is 0 Å². The van der Waals surface area contributed by atoms with Crippen LogP contribution < -0.4 is 10.1 Å². The van der Waals surface area contributed by atoms with Crippen molar-refractivity contribution in [1.29, 1.82) is 0 Å². The normalized spacial score (nSPS) is 17.6. The molecule has 0 unspecified atom stereocenters. The number of halogens is 1. The number of piperidine rings is 1. The number of hydrogen-bond acceptors (Lipinski definition) is 3. The predicted octanol–water partition coefficient (Wildman–Crippen LogP) is 3.28. The summed E-state index contributed by atoms with van der Waals surface area (Å²) < 4.78 is 18.8. The third-order valence-electron chi connectivity index (χ3n) is 4.41. The summed E-state index contributed by atoms with van der Waals surface area (Å²) in [5, 5.41) is 9.75. The van der Waals surface area contributed by atoms with E-state index in [1.807, 2.05) is 6.07 Å². The third kappa shape index (κ3) is 3.34. The Morgan fingerprint density at radius 1 is 1.50 bits per heavy atom. The number of carbonyl (C=O) groups excluding carboxylic acids is 1. The van der Waals surface area contributed by atoms with Gasteiger partial charge in [0.2, 0.25) is 0 Å². The fraction of sp³-hybridized carbons (Fsp3) is 0.412. The average molecular weight is 332 g/mol. The fourth-order valence-corrected chi connectivity index (χ4v) is 3.05. The van der Waals surface area contributed by atoms with Crippen molar-refractivity contribution in [2.45, 2.75) is 25.7 Å². The molecule has 1 saturated heterocycles. The van der Waals surface area contributed by atoms with Gasteiger partial charge in [0.05, 0.1) is 7.11 Å². The van der Waals surface area contributed by atoms with Crippen LogP contribution in [0.4, 0.5) is 14.9 Å². The van der Waals surface area contributed by atoms with Crippen molar-refractivity contribution in [3.8, 4) is 5.75 Å². The molecule has 0 aliphatic carbocycles.